The second kappa shape index (κ2) is 9.36. The molecule has 2 fully saturated rings. The third kappa shape index (κ3) is 4.47. The lowest BCUT2D eigenvalue weighted by atomic mass is 10.0. The van der Waals surface area contributed by atoms with Crippen LogP contribution in [0.3, 0.4) is 0 Å². The fourth-order valence-electron chi connectivity index (χ4n) is 6.15. The van der Waals surface area contributed by atoms with E-state index in [0.29, 0.717) is 0 Å². The van der Waals surface area contributed by atoms with Crippen LogP contribution in [-0.2, 0) is 19.5 Å². The Morgan fingerprint density at radius 1 is 0.943 bits per heavy atom. The van der Waals surface area contributed by atoms with Crippen molar-refractivity contribution in [3.05, 3.63) is 52.9 Å². The van der Waals surface area contributed by atoms with E-state index in [1.807, 2.05) is 13.8 Å². The largest absolute Gasteiger partial charge is 0.357 e. The smallest absolute Gasteiger partial charge is 0.164 e. The van der Waals surface area contributed by atoms with Crippen molar-refractivity contribution in [2.45, 2.75) is 72.0 Å². The molecular weight excluding hydrogens is 434 g/mol. The molecule has 1 aromatic carbocycles. The Labute approximate surface area is 207 Å². The second-order valence-electron chi connectivity index (χ2n) is 10.5. The minimum absolute atomic E-state index is 0.774. The Hall–Kier alpha value is -2.77. The molecule has 0 aliphatic carbocycles. The highest BCUT2D eigenvalue weighted by atomic mass is 15.2. The van der Waals surface area contributed by atoms with E-state index in [-0.39, 0.29) is 0 Å². The summed E-state index contributed by atoms with van der Waals surface area (Å²) in [6, 6.07) is 9.93. The zero-order chi connectivity index (χ0) is 23.9. The molecule has 1 N–H and O–H groups in total. The molecule has 0 amide bonds. The summed E-state index contributed by atoms with van der Waals surface area (Å²) in [5.41, 5.74) is 6.63. The average molecular weight is 472 g/mol. The van der Waals surface area contributed by atoms with E-state index in [4.69, 9.17) is 9.97 Å². The van der Waals surface area contributed by atoms with E-state index < -0.39 is 0 Å². The van der Waals surface area contributed by atoms with Crippen LogP contribution in [0.1, 0.15) is 61.2 Å². The molecular formula is C28H37N7. The molecule has 0 spiro atoms. The number of hydrogen-bond donors (Lipinski definition) is 1. The maximum Gasteiger partial charge on any atom is 0.164 e. The molecule has 2 saturated heterocycles. The number of H-pyrrole nitrogens is 1. The zero-order valence-corrected chi connectivity index (χ0v) is 21.3. The first-order valence-electron chi connectivity index (χ1n) is 13.3. The predicted octanol–water partition coefficient (Wildman–Crippen LogP) is 4.60. The third-order valence-corrected chi connectivity index (χ3v) is 7.97. The Morgan fingerprint density at radius 3 is 2.51 bits per heavy atom. The quantitative estimate of drug-likeness (QED) is 0.445. The number of nitrogens with zero attached hydrogens (tertiary/aromatic N) is 6. The molecule has 0 bridgehead atoms. The van der Waals surface area contributed by atoms with Crippen molar-refractivity contribution >= 4 is 22.1 Å². The molecule has 6 rings (SSSR count). The first kappa shape index (κ1) is 22.7. The monoisotopic (exact) mass is 471 g/mol. The van der Waals surface area contributed by atoms with E-state index in [1.54, 1.807) is 0 Å². The van der Waals surface area contributed by atoms with Crippen molar-refractivity contribution in [2.24, 2.45) is 0 Å². The van der Waals surface area contributed by atoms with Crippen LogP contribution in [0.5, 0.6) is 0 Å². The number of hydrogen-bond acceptors (Lipinski definition) is 5. The highest BCUT2D eigenvalue weighted by molar-refractivity contribution is 5.81. The number of rotatable bonds is 6. The number of nitrogens with one attached hydrogen (secondary N) is 1. The number of fused-ring (bicyclic) bond motifs is 2. The number of aromatic amines is 1. The van der Waals surface area contributed by atoms with Crippen LogP contribution in [0.4, 0.5) is 0 Å². The van der Waals surface area contributed by atoms with Gasteiger partial charge in [0, 0.05) is 48.7 Å². The number of benzene rings is 1. The van der Waals surface area contributed by atoms with Gasteiger partial charge in [-0.1, -0.05) is 13.0 Å². The van der Waals surface area contributed by atoms with Gasteiger partial charge in [-0.15, -0.1) is 0 Å². The van der Waals surface area contributed by atoms with Gasteiger partial charge in [0.15, 0.2) is 5.65 Å². The van der Waals surface area contributed by atoms with Crippen molar-refractivity contribution in [1.82, 2.24) is 34.3 Å². The normalized spacial score (nSPS) is 18.4. The van der Waals surface area contributed by atoms with E-state index >= 15 is 0 Å². The summed E-state index contributed by atoms with van der Waals surface area (Å²) in [4.78, 5) is 23.1. The Balaban J connectivity index is 1.18. The number of likely N-dealkylation sites (tertiary alicyclic amines) is 2. The second-order valence-corrected chi connectivity index (χ2v) is 10.5. The lowest BCUT2D eigenvalue weighted by Gasteiger charge is -2.36. The van der Waals surface area contributed by atoms with Crippen molar-refractivity contribution < 1.29 is 0 Å². The van der Waals surface area contributed by atoms with Crippen LogP contribution < -0.4 is 0 Å². The van der Waals surface area contributed by atoms with Crippen molar-refractivity contribution in [3.63, 3.8) is 0 Å². The predicted molar refractivity (Wildman–Crippen MR) is 141 cm³/mol. The molecule has 0 atom stereocenters. The van der Waals surface area contributed by atoms with Gasteiger partial charge in [0.25, 0.3) is 0 Å². The van der Waals surface area contributed by atoms with Crippen molar-refractivity contribution in [2.75, 3.05) is 26.2 Å². The zero-order valence-electron chi connectivity index (χ0n) is 21.3. The summed E-state index contributed by atoms with van der Waals surface area (Å²) in [6.45, 7) is 13.0. The fourth-order valence-corrected chi connectivity index (χ4v) is 6.15. The van der Waals surface area contributed by atoms with E-state index in [9.17, 15) is 0 Å². The van der Waals surface area contributed by atoms with Crippen LogP contribution in [0.25, 0.3) is 22.1 Å². The minimum atomic E-state index is 0.774. The van der Waals surface area contributed by atoms with Gasteiger partial charge in [-0.3, -0.25) is 4.90 Å². The van der Waals surface area contributed by atoms with E-state index in [0.717, 1.165) is 54.1 Å². The first-order valence-corrected chi connectivity index (χ1v) is 13.3. The molecule has 3 aromatic heterocycles. The molecule has 0 radical (unpaired) electrons. The standard InChI is InChI=1S/C28H37N7/c1-4-26-32-27-19(2)29-20(3)30-28(27)35(26)17-21-7-8-25-22(15-21)16-23(31-25)18-33-13-9-24(10-14-33)34-11-5-6-12-34/h7-8,15-16,24,31H,4-6,9-14,17-18H2,1-3H3. The van der Waals surface area contributed by atoms with E-state index in [1.165, 1.54) is 74.0 Å². The molecule has 2 aliphatic rings. The average Bonchev–Trinajstić information content (AvgIpc) is 3.59. The van der Waals surface area contributed by atoms with Crippen molar-refractivity contribution in [1.29, 1.82) is 0 Å². The maximum atomic E-state index is 4.85. The van der Waals surface area contributed by atoms with Gasteiger partial charge < -0.3 is 14.5 Å². The molecule has 7 nitrogen and oxygen atoms in total. The van der Waals surface area contributed by atoms with Gasteiger partial charge in [-0.2, -0.15) is 0 Å². The van der Waals surface area contributed by atoms with Crippen LogP contribution in [0.2, 0.25) is 0 Å². The lowest BCUT2D eigenvalue weighted by Crippen LogP contribution is -2.43. The molecule has 0 saturated carbocycles. The topological polar surface area (TPSA) is 65.9 Å². The minimum Gasteiger partial charge on any atom is -0.357 e. The summed E-state index contributed by atoms with van der Waals surface area (Å²) in [7, 11) is 0. The Morgan fingerprint density at radius 2 is 1.74 bits per heavy atom. The van der Waals surface area contributed by atoms with Gasteiger partial charge in [-0.05, 0) is 76.4 Å². The summed E-state index contributed by atoms with van der Waals surface area (Å²) < 4.78 is 2.26. The summed E-state index contributed by atoms with van der Waals surface area (Å²) >= 11 is 0. The Kier molecular flexibility index (Phi) is 6.06. The van der Waals surface area contributed by atoms with Crippen LogP contribution >= 0.6 is 0 Å². The van der Waals surface area contributed by atoms with Crippen LogP contribution in [0.15, 0.2) is 24.3 Å². The maximum absolute atomic E-state index is 4.85. The van der Waals surface area contributed by atoms with Crippen LogP contribution in [0, 0.1) is 13.8 Å². The third-order valence-electron chi connectivity index (χ3n) is 7.97. The SMILES string of the molecule is CCc1nc2c(C)nc(C)nc2n1Cc1ccc2[nH]c(CN3CCC(N4CCCC4)CC3)cc2c1. The Bertz CT molecular complexity index is 1340. The lowest BCUT2D eigenvalue weighted by molar-refractivity contribution is 0.122. The summed E-state index contributed by atoms with van der Waals surface area (Å²) in [5, 5.41) is 1.29. The molecule has 184 valence electrons. The van der Waals surface area contributed by atoms with Gasteiger partial charge in [0.05, 0.1) is 12.2 Å². The first-order chi connectivity index (χ1) is 17.1. The van der Waals surface area contributed by atoms with Crippen molar-refractivity contribution in [3.8, 4) is 0 Å². The number of piperidine rings is 1. The molecule has 7 heteroatoms. The molecule has 35 heavy (non-hydrogen) atoms. The molecule has 4 aromatic rings. The van der Waals surface area contributed by atoms with E-state index in [2.05, 4.69) is 55.5 Å². The molecule has 0 unspecified atom stereocenters. The fraction of sp³-hybridized carbons (Fsp3) is 0.536. The molecule has 2 aliphatic heterocycles. The summed E-state index contributed by atoms with van der Waals surface area (Å²) in [6.07, 6.45) is 6.28. The highest BCUT2D eigenvalue weighted by Crippen LogP contribution is 2.25. The van der Waals surface area contributed by atoms with Gasteiger partial charge in [-0.25, -0.2) is 15.0 Å². The number of aromatic nitrogens is 5. The molecule has 5 heterocycles. The number of aryl methyl sites for hydroxylation is 3. The van der Waals surface area contributed by atoms with Gasteiger partial charge in [0.2, 0.25) is 0 Å². The van der Waals surface area contributed by atoms with Crippen LogP contribution in [-0.4, -0.2) is 66.5 Å². The van der Waals surface area contributed by atoms with Gasteiger partial charge >= 0.3 is 0 Å². The highest BCUT2D eigenvalue weighted by Gasteiger charge is 2.26. The summed E-state index contributed by atoms with van der Waals surface area (Å²) in [5.74, 6) is 1.86. The number of imidazole rings is 1. The van der Waals surface area contributed by atoms with Gasteiger partial charge in [0.1, 0.15) is 17.2 Å².